The fourth-order valence-corrected chi connectivity index (χ4v) is 2.01. The van der Waals surface area contributed by atoms with Crippen molar-refractivity contribution in [3.63, 3.8) is 0 Å². The van der Waals surface area contributed by atoms with Gasteiger partial charge >= 0.3 is 0 Å². The lowest BCUT2D eigenvalue weighted by Crippen LogP contribution is -2.20. The number of nitrogens with one attached hydrogen (secondary N) is 1. The van der Waals surface area contributed by atoms with E-state index >= 15 is 0 Å². The zero-order chi connectivity index (χ0) is 14.0. The van der Waals surface area contributed by atoms with Crippen LogP contribution >= 0.6 is 0 Å². The van der Waals surface area contributed by atoms with E-state index in [1.54, 1.807) is 0 Å². The largest absolute Gasteiger partial charge is 0.309 e. The molecule has 0 aliphatic rings. The molecule has 2 aromatic rings. The summed E-state index contributed by atoms with van der Waals surface area (Å²) in [5.74, 6) is -3.15. The maximum atomic E-state index is 13.7. The van der Waals surface area contributed by atoms with Gasteiger partial charge < -0.3 is 5.32 Å². The minimum atomic E-state index is -0.966. The lowest BCUT2D eigenvalue weighted by Gasteiger charge is -2.18. The summed E-state index contributed by atoms with van der Waals surface area (Å²) in [5, 5.41) is 2.66. The molecule has 1 N–H and O–H groups in total. The molecule has 0 fully saturated rings. The number of rotatable bonds is 3. The third kappa shape index (κ3) is 2.76. The van der Waals surface area contributed by atoms with Crippen LogP contribution in [0.5, 0.6) is 0 Å². The van der Waals surface area contributed by atoms with Crippen molar-refractivity contribution in [3.05, 3.63) is 70.8 Å². The van der Waals surface area contributed by atoms with E-state index in [1.165, 1.54) is 13.1 Å². The fraction of sp³-hybridized carbons (Fsp3) is 0.143. The van der Waals surface area contributed by atoms with Crippen LogP contribution in [0.2, 0.25) is 0 Å². The van der Waals surface area contributed by atoms with Gasteiger partial charge in [0.2, 0.25) is 0 Å². The van der Waals surface area contributed by atoms with E-state index in [4.69, 9.17) is 0 Å². The Morgan fingerprint density at radius 3 is 1.89 bits per heavy atom. The minimum absolute atomic E-state index is 0.115. The first-order valence-electron chi connectivity index (χ1n) is 5.60. The highest BCUT2D eigenvalue weighted by Crippen LogP contribution is 2.27. The van der Waals surface area contributed by atoms with Gasteiger partial charge in [-0.05, 0) is 36.9 Å². The van der Waals surface area contributed by atoms with Crippen molar-refractivity contribution < 1.29 is 17.6 Å². The maximum absolute atomic E-state index is 13.7. The summed E-state index contributed by atoms with van der Waals surface area (Å²) >= 11 is 0. The van der Waals surface area contributed by atoms with E-state index in [1.807, 2.05) is 0 Å². The molecule has 0 saturated carbocycles. The predicted octanol–water partition coefficient (Wildman–Crippen LogP) is 3.55. The van der Waals surface area contributed by atoms with Crippen LogP contribution in [-0.2, 0) is 0 Å². The molecule has 0 amide bonds. The molecule has 0 saturated heterocycles. The zero-order valence-electron chi connectivity index (χ0n) is 10.1. The average Bonchev–Trinajstić information content (AvgIpc) is 2.32. The van der Waals surface area contributed by atoms with E-state index in [0.717, 1.165) is 24.3 Å². The number of hydrogen-bond acceptors (Lipinski definition) is 1. The van der Waals surface area contributed by atoms with Crippen molar-refractivity contribution in [2.45, 2.75) is 6.04 Å². The third-order valence-electron chi connectivity index (χ3n) is 2.80. The molecule has 1 unspecified atom stereocenters. The van der Waals surface area contributed by atoms with Crippen molar-refractivity contribution in [3.8, 4) is 0 Å². The molecule has 0 aliphatic heterocycles. The molecule has 19 heavy (non-hydrogen) atoms. The molecule has 1 nitrogen and oxygen atoms in total. The van der Waals surface area contributed by atoms with Gasteiger partial charge in [0.15, 0.2) is 0 Å². The summed E-state index contributed by atoms with van der Waals surface area (Å²) in [6.07, 6.45) is 0. The molecular weight excluding hydrogens is 258 g/mol. The minimum Gasteiger partial charge on any atom is -0.309 e. The Labute approximate surface area is 107 Å². The van der Waals surface area contributed by atoms with E-state index in [2.05, 4.69) is 5.32 Å². The highest BCUT2D eigenvalue weighted by atomic mass is 19.1. The van der Waals surface area contributed by atoms with Gasteiger partial charge in [-0.1, -0.05) is 6.07 Å². The number of hydrogen-bond donors (Lipinski definition) is 1. The molecule has 0 radical (unpaired) electrons. The lowest BCUT2D eigenvalue weighted by atomic mass is 9.97. The van der Waals surface area contributed by atoms with Crippen molar-refractivity contribution in [2.24, 2.45) is 0 Å². The molecule has 0 heterocycles. The predicted molar refractivity (Wildman–Crippen MR) is 63.6 cm³/mol. The molecule has 0 aromatic heterocycles. The van der Waals surface area contributed by atoms with Gasteiger partial charge in [-0.3, -0.25) is 0 Å². The molecule has 2 aromatic carbocycles. The molecule has 0 bridgehead atoms. The highest BCUT2D eigenvalue weighted by Gasteiger charge is 2.21. The van der Waals surface area contributed by atoms with E-state index in [9.17, 15) is 17.6 Å². The molecule has 5 heteroatoms. The van der Waals surface area contributed by atoms with E-state index in [-0.39, 0.29) is 11.1 Å². The summed E-state index contributed by atoms with van der Waals surface area (Å²) in [6, 6.07) is 5.23. The lowest BCUT2D eigenvalue weighted by molar-refractivity contribution is 0.516. The maximum Gasteiger partial charge on any atom is 0.131 e. The monoisotopic (exact) mass is 269 g/mol. The second-order valence-corrected chi connectivity index (χ2v) is 4.06. The van der Waals surface area contributed by atoms with Crippen molar-refractivity contribution in [1.29, 1.82) is 0 Å². The normalized spacial score (nSPS) is 12.5. The second kappa shape index (κ2) is 5.40. The number of halogens is 4. The van der Waals surface area contributed by atoms with Crippen LogP contribution in [0, 0.1) is 23.3 Å². The Hall–Kier alpha value is -1.88. The van der Waals surface area contributed by atoms with Crippen LogP contribution in [0.15, 0.2) is 36.4 Å². The molecule has 100 valence electrons. The van der Waals surface area contributed by atoms with Crippen LogP contribution in [0.1, 0.15) is 17.2 Å². The van der Waals surface area contributed by atoms with Crippen LogP contribution in [0.25, 0.3) is 0 Å². The van der Waals surface area contributed by atoms with Crippen molar-refractivity contribution in [2.75, 3.05) is 7.05 Å². The molecule has 0 spiro atoms. The zero-order valence-corrected chi connectivity index (χ0v) is 10.1. The Morgan fingerprint density at radius 2 is 1.42 bits per heavy atom. The summed E-state index contributed by atoms with van der Waals surface area (Å²) in [5.41, 5.74) is -0.154. The van der Waals surface area contributed by atoms with Crippen LogP contribution < -0.4 is 5.32 Å². The first kappa shape index (κ1) is 13.5. The average molecular weight is 269 g/mol. The van der Waals surface area contributed by atoms with E-state index < -0.39 is 29.3 Å². The van der Waals surface area contributed by atoms with Crippen LogP contribution in [-0.4, -0.2) is 7.05 Å². The summed E-state index contributed by atoms with van der Waals surface area (Å²) in [7, 11) is 1.46. The summed E-state index contributed by atoms with van der Waals surface area (Å²) in [6.45, 7) is 0. The van der Waals surface area contributed by atoms with Gasteiger partial charge in [-0.2, -0.15) is 0 Å². The first-order chi connectivity index (χ1) is 9.02. The topological polar surface area (TPSA) is 12.0 Å². The van der Waals surface area contributed by atoms with Gasteiger partial charge in [-0.25, -0.2) is 17.6 Å². The number of benzene rings is 2. The second-order valence-electron chi connectivity index (χ2n) is 4.06. The smallest absolute Gasteiger partial charge is 0.131 e. The summed E-state index contributed by atoms with van der Waals surface area (Å²) < 4.78 is 53.8. The van der Waals surface area contributed by atoms with Gasteiger partial charge in [0.05, 0.1) is 6.04 Å². The quantitative estimate of drug-likeness (QED) is 0.840. The molecule has 0 aliphatic carbocycles. The molecule has 2 rings (SSSR count). The Balaban J connectivity index is 2.56. The van der Waals surface area contributed by atoms with Crippen LogP contribution in [0.3, 0.4) is 0 Å². The Morgan fingerprint density at radius 1 is 0.895 bits per heavy atom. The van der Waals surface area contributed by atoms with Gasteiger partial charge in [0.25, 0.3) is 0 Å². The third-order valence-corrected chi connectivity index (χ3v) is 2.80. The Bertz CT molecular complexity index is 557. The van der Waals surface area contributed by atoms with E-state index in [0.29, 0.717) is 6.07 Å². The molecular formula is C14H11F4N. The standard InChI is InChI=1S/C14H11F4N/c1-19-14(8-5-9(15)7-10(16)6-8)13-11(17)3-2-4-12(13)18/h2-7,14,19H,1H3. The highest BCUT2D eigenvalue weighted by molar-refractivity contribution is 5.34. The fourth-order valence-electron chi connectivity index (χ4n) is 2.01. The summed E-state index contributed by atoms with van der Waals surface area (Å²) in [4.78, 5) is 0. The van der Waals surface area contributed by atoms with Crippen LogP contribution in [0.4, 0.5) is 17.6 Å². The van der Waals surface area contributed by atoms with Gasteiger partial charge in [0.1, 0.15) is 23.3 Å². The first-order valence-corrected chi connectivity index (χ1v) is 5.60. The SMILES string of the molecule is CNC(c1cc(F)cc(F)c1)c1c(F)cccc1F. The van der Waals surface area contributed by atoms with Gasteiger partial charge in [0, 0.05) is 11.6 Å². The Kier molecular flexibility index (Phi) is 3.85. The van der Waals surface area contributed by atoms with Crippen molar-refractivity contribution >= 4 is 0 Å². The molecule has 1 atom stereocenters. The van der Waals surface area contributed by atoms with Crippen molar-refractivity contribution in [1.82, 2.24) is 5.32 Å². The van der Waals surface area contributed by atoms with Gasteiger partial charge in [-0.15, -0.1) is 0 Å².